The van der Waals surface area contributed by atoms with Gasteiger partial charge in [-0.25, -0.2) is 10.1 Å². The Labute approximate surface area is 194 Å². The molecule has 1 N–H and O–H groups in total. The van der Waals surface area contributed by atoms with Crippen molar-refractivity contribution in [2.45, 2.75) is 19.9 Å². The lowest BCUT2D eigenvalue weighted by molar-refractivity contribution is -0.121. The van der Waals surface area contributed by atoms with Gasteiger partial charge in [0.25, 0.3) is 11.5 Å². The first-order valence-electron chi connectivity index (χ1n) is 10.4. The molecular weight excluding hydrogens is 438 g/mol. The molecule has 0 aliphatic carbocycles. The largest absolute Gasteiger partial charge is 0.497 e. The van der Waals surface area contributed by atoms with Gasteiger partial charge in [-0.15, -0.1) is 0 Å². The number of aromatic nitrogens is 3. The zero-order chi connectivity index (χ0) is 24.1. The van der Waals surface area contributed by atoms with E-state index in [-0.39, 0.29) is 6.54 Å². The molecule has 2 aromatic heterocycles. The van der Waals surface area contributed by atoms with Gasteiger partial charge < -0.3 is 14.0 Å². The van der Waals surface area contributed by atoms with E-state index in [1.54, 1.807) is 45.4 Å². The van der Waals surface area contributed by atoms with Crippen LogP contribution in [0.25, 0.3) is 11.0 Å². The van der Waals surface area contributed by atoms with E-state index in [1.807, 2.05) is 24.3 Å². The monoisotopic (exact) mass is 461 g/mol. The number of nitrogens with one attached hydrogen (secondary N) is 1. The van der Waals surface area contributed by atoms with Crippen LogP contribution in [0.5, 0.6) is 11.5 Å². The van der Waals surface area contributed by atoms with E-state index in [0.717, 1.165) is 27.3 Å². The standard InChI is InChI=1S/C24H23N5O5/c1-15-22-23(34-28-15)20(12-16-4-8-18(32-2)9-5-16)27-29(24(22)31)14-21(30)26-25-13-17-6-10-19(33-3)11-7-17/h4-11,13H,12,14H2,1-3H3,(H,26,30)/b25-13+. The molecule has 0 saturated carbocycles. The lowest BCUT2D eigenvalue weighted by Gasteiger charge is -2.08. The van der Waals surface area contributed by atoms with E-state index in [0.29, 0.717) is 28.8 Å². The van der Waals surface area contributed by atoms with Gasteiger partial charge in [0, 0.05) is 6.42 Å². The topological polar surface area (TPSA) is 121 Å². The third kappa shape index (κ3) is 4.96. The van der Waals surface area contributed by atoms with Crippen molar-refractivity contribution in [1.29, 1.82) is 0 Å². The second kappa shape index (κ2) is 9.99. The Morgan fingerprint density at radius 1 is 1.09 bits per heavy atom. The predicted molar refractivity (Wildman–Crippen MR) is 125 cm³/mol. The number of methoxy groups -OCH3 is 2. The molecule has 10 heteroatoms. The van der Waals surface area contributed by atoms with Crippen LogP contribution in [0.3, 0.4) is 0 Å². The van der Waals surface area contributed by atoms with Crippen LogP contribution in [0.2, 0.25) is 0 Å². The van der Waals surface area contributed by atoms with Crippen LogP contribution in [-0.4, -0.2) is 41.3 Å². The molecule has 4 rings (SSSR count). The molecule has 0 unspecified atom stereocenters. The Morgan fingerprint density at radius 3 is 2.38 bits per heavy atom. The summed E-state index contributed by atoms with van der Waals surface area (Å²) in [5, 5.41) is 12.6. The predicted octanol–water partition coefficient (Wildman–Crippen LogP) is 2.45. The van der Waals surface area contributed by atoms with Gasteiger partial charge in [0.05, 0.1) is 26.1 Å². The Bertz CT molecular complexity index is 1390. The summed E-state index contributed by atoms with van der Waals surface area (Å²) in [6.45, 7) is 1.36. The molecule has 0 aliphatic rings. The number of benzene rings is 2. The van der Waals surface area contributed by atoms with E-state index >= 15 is 0 Å². The fraction of sp³-hybridized carbons (Fsp3) is 0.208. The number of fused-ring (bicyclic) bond motifs is 1. The first kappa shape index (κ1) is 22.7. The molecule has 0 radical (unpaired) electrons. The Morgan fingerprint density at radius 2 is 1.74 bits per heavy atom. The summed E-state index contributed by atoms with van der Waals surface area (Å²) in [4.78, 5) is 25.4. The van der Waals surface area contributed by atoms with Crippen molar-refractivity contribution in [3.8, 4) is 11.5 Å². The summed E-state index contributed by atoms with van der Waals surface area (Å²) in [6, 6.07) is 14.6. The molecule has 0 spiro atoms. The van der Waals surface area contributed by atoms with Gasteiger partial charge in [-0.05, 0) is 54.4 Å². The molecule has 0 saturated heterocycles. The minimum absolute atomic E-state index is 0.299. The molecule has 174 valence electrons. The molecule has 4 aromatic rings. The maximum atomic E-state index is 12.9. The highest BCUT2D eigenvalue weighted by Gasteiger charge is 2.19. The summed E-state index contributed by atoms with van der Waals surface area (Å²) in [5.74, 6) is 0.953. The molecule has 0 atom stereocenters. The molecule has 1 amide bonds. The quantitative estimate of drug-likeness (QED) is 0.316. The molecule has 2 aromatic carbocycles. The first-order valence-corrected chi connectivity index (χ1v) is 10.4. The van der Waals surface area contributed by atoms with Gasteiger partial charge in [0.1, 0.15) is 29.1 Å². The molecule has 10 nitrogen and oxygen atoms in total. The molecule has 0 bridgehead atoms. The SMILES string of the molecule is COc1ccc(/C=N/NC(=O)Cn2nc(Cc3ccc(OC)cc3)c3onc(C)c3c2=O)cc1. The zero-order valence-electron chi connectivity index (χ0n) is 18.9. The van der Waals surface area contributed by atoms with Crippen LogP contribution in [-0.2, 0) is 17.8 Å². The lowest BCUT2D eigenvalue weighted by atomic mass is 10.1. The fourth-order valence-electron chi connectivity index (χ4n) is 3.38. The molecule has 2 heterocycles. The Balaban J connectivity index is 1.54. The summed E-state index contributed by atoms with van der Waals surface area (Å²) in [6.07, 6.45) is 1.88. The number of rotatable bonds is 8. The number of hydrogen-bond donors (Lipinski definition) is 1. The van der Waals surface area contributed by atoms with Gasteiger partial charge in [-0.1, -0.05) is 17.3 Å². The number of ether oxygens (including phenoxy) is 2. The zero-order valence-corrected chi connectivity index (χ0v) is 18.9. The highest BCUT2D eigenvalue weighted by atomic mass is 16.5. The van der Waals surface area contributed by atoms with Crippen molar-refractivity contribution in [2.24, 2.45) is 5.10 Å². The van der Waals surface area contributed by atoms with Crippen LogP contribution in [0.4, 0.5) is 0 Å². The van der Waals surface area contributed by atoms with Crippen LogP contribution < -0.4 is 20.5 Å². The van der Waals surface area contributed by atoms with Crippen molar-refractivity contribution in [3.63, 3.8) is 0 Å². The van der Waals surface area contributed by atoms with Crippen molar-refractivity contribution < 1.29 is 18.8 Å². The van der Waals surface area contributed by atoms with Crippen LogP contribution in [0.1, 0.15) is 22.5 Å². The van der Waals surface area contributed by atoms with Gasteiger partial charge in [-0.3, -0.25) is 9.59 Å². The highest BCUT2D eigenvalue weighted by Crippen LogP contribution is 2.21. The van der Waals surface area contributed by atoms with Crippen molar-refractivity contribution in [2.75, 3.05) is 14.2 Å². The third-order valence-corrected chi connectivity index (χ3v) is 5.16. The average Bonchev–Trinajstić information content (AvgIpc) is 3.25. The first-order chi connectivity index (χ1) is 16.5. The van der Waals surface area contributed by atoms with E-state index in [4.69, 9.17) is 14.0 Å². The number of carbonyl (C=O) groups is 1. The van der Waals surface area contributed by atoms with Crippen LogP contribution in [0.15, 0.2) is 62.9 Å². The summed E-state index contributed by atoms with van der Waals surface area (Å²) >= 11 is 0. The summed E-state index contributed by atoms with van der Waals surface area (Å²) in [7, 11) is 3.18. The molecule has 34 heavy (non-hydrogen) atoms. The van der Waals surface area contributed by atoms with Crippen molar-refractivity contribution >= 4 is 23.1 Å². The highest BCUT2D eigenvalue weighted by molar-refractivity contribution is 5.83. The maximum Gasteiger partial charge on any atom is 0.280 e. The minimum Gasteiger partial charge on any atom is -0.497 e. The Kier molecular flexibility index (Phi) is 6.67. The van der Waals surface area contributed by atoms with Gasteiger partial charge in [0.15, 0.2) is 5.58 Å². The third-order valence-electron chi connectivity index (χ3n) is 5.16. The van der Waals surface area contributed by atoms with Gasteiger partial charge in [0.2, 0.25) is 0 Å². The van der Waals surface area contributed by atoms with E-state index in [2.05, 4.69) is 20.8 Å². The van der Waals surface area contributed by atoms with Crippen LogP contribution in [0, 0.1) is 6.92 Å². The Hall–Kier alpha value is -4.47. The smallest absolute Gasteiger partial charge is 0.280 e. The van der Waals surface area contributed by atoms with E-state index in [9.17, 15) is 9.59 Å². The number of carbonyl (C=O) groups excluding carboxylic acids is 1. The van der Waals surface area contributed by atoms with Gasteiger partial charge in [-0.2, -0.15) is 10.2 Å². The number of nitrogens with zero attached hydrogens (tertiary/aromatic N) is 4. The average molecular weight is 461 g/mol. The fourth-order valence-corrected chi connectivity index (χ4v) is 3.38. The lowest BCUT2D eigenvalue weighted by Crippen LogP contribution is -2.32. The van der Waals surface area contributed by atoms with Crippen LogP contribution >= 0.6 is 0 Å². The number of hydrazone groups is 1. The summed E-state index contributed by atoms with van der Waals surface area (Å²) < 4.78 is 16.8. The second-order valence-corrected chi connectivity index (χ2v) is 7.47. The molecule has 0 aliphatic heterocycles. The maximum absolute atomic E-state index is 12.9. The second-order valence-electron chi connectivity index (χ2n) is 7.47. The van der Waals surface area contributed by atoms with Crippen molar-refractivity contribution in [3.05, 3.63) is 81.4 Å². The van der Waals surface area contributed by atoms with Gasteiger partial charge >= 0.3 is 0 Å². The number of aryl methyl sites for hydroxylation is 1. The normalized spacial score (nSPS) is 11.1. The number of hydrogen-bond acceptors (Lipinski definition) is 8. The van der Waals surface area contributed by atoms with Crippen molar-refractivity contribution in [1.82, 2.24) is 20.4 Å². The molecular formula is C24H23N5O5. The minimum atomic E-state index is -0.497. The molecule has 0 fully saturated rings. The summed E-state index contributed by atoms with van der Waals surface area (Å²) in [5.41, 5.74) is 4.92. The van der Waals surface area contributed by atoms with E-state index in [1.165, 1.54) is 6.21 Å². The number of amides is 1. The van der Waals surface area contributed by atoms with E-state index < -0.39 is 11.5 Å².